The molecule has 1 aliphatic carbocycles. The molecule has 0 saturated heterocycles. The molecule has 2 heterocycles. The summed E-state index contributed by atoms with van der Waals surface area (Å²) in [5.74, 6) is -0.744. The molecule has 1 aromatic heterocycles. The van der Waals surface area contributed by atoms with E-state index in [1.165, 1.54) is 11.1 Å². The summed E-state index contributed by atoms with van der Waals surface area (Å²) in [6.07, 6.45) is 6.49. The summed E-state index contributed by atoms with van der Waals surface area (Å²) in [6, 6.07) is 17.1. The molecule has 2 aromatic carbocycles. The smallest absolute Gasteiger partial charge is 0.343 e. The molecule has 1 fully saturated rings. The number of para-hydroxylation sites is 2. The molecule has 8 heteroatoms. The van der Waals surface area contributed by atoms with Crippen molar-refractivity contribution in [3.8, 4) is 17.3 Å². The zero-order valence-corrected chi connectivity index (χ0v) is 19.4. The Morgan fingerprint density at radius 3 is 2.03 bits per heavy atom. The first-order valence-electron chi connectivity index (χ1n) is 11.8. The van der Waals surface area contributed by atoms with E-state index in [0.717, 1.165) is 41.2 Å². The fraction of sp³-hybridized carbons (Fsp3) is 0.259. The van der Waals surface area contributed by atoms with Crippen LogP contribution in [0.2, 0.25) is 0 Å². The minimum Gasteiger partial charge on any atom is -0.494 e. The number of nitrogens with zero attached hydrogens (tertiary/aromatic N) is 4. The Morgan fingerprint density at radius 2 is 1.43 bits per heavy atom. The van der Waals surface area contributed by atoms with Gasteiger partial charge < -0.3 is 5.11 Å². The standard InChI is InChI=1S/C27H26N4O4/c1-29-24(32)21(23(28-29)18-11-5-2-6-12-18)17-22-25(33)30(19-13-7-3-8-14-19)27(35)31(26(22)34)20-15-9-4-10-16-20/h3-4,7-10,13-18,33H,2,5-6,11-12H2,1H3/b21-17-. The first-order chi connectivity index (χ1) is 17.0. The molecule has 1 N–H and O–H groups in total. The van der Waals surface area contributed by atoms with Gasteiger partial charge >= 0.3 is 5.69 Å². The van der Waals surface area contributed by atoms with E-state index in [1.807, 2.05) is 0 Å². The first-order valence-corrected chi connectivity index (χ1v) is 11.8. The zero-order chi connectivity index (χ0) is 24.5. The SMILES string of the molecule is CN1N=C(C2CCCCC2)/C(=C/c2c(O)n(-c3ccccc3)c(=O)n(-c3ccccc3)c2=O)C1=O. The van der Waals surface area contributed by atoms with Crippen molar-refractivity contribution in [2.45, 2.75) is 32.1 Å². The summed E-state index contributed by atoms with van der Waals surface area (Å²) in [7, 11) is 1.58. The monoisotopic (exact) mass is 470 g/mol. The molecular weight excluding hydrogens is 444 g/mol. The highest BCUT2D eigenvalue weighted by atomic mass is 16.3. The second-order valence-corrected chi connectivity index (χ2v) is 8.87. The van der Waals surface area contributed by atoms with E-state index in [1.54, 1.807) is 67.7 Å². The molecule has 0 unspecified atom stereocenters. The third-order valence-corrected chi connectivity index (χ3v) is 6.64. The molecule has 2 aliphatic rings. The predicted molar refractivity (Wildman–Crippen MR) is 134 cm³/mol. The molecule has 0 atom stereocenters. The van der Waals surface area contributed by atoms with Gasteiger partial charge in [-0.1, -0.05) is 55.7 Å². The molecule has 1 aliphatic heterocycles. The molecule has 35 heavy (non-hydrogen) atoms. The lowest BCUT2D eigenvalue weighted by Gasteiger charge is -2.21. The third kappa shape index (κ3) is 4.01. The third-order valence-electron chi connectivity index (χ3n) is 6.64. The van der Waals surface area contributed by atoms with E-state index >= 15 is 0 Å². The molecular formula is C27H26N4O4. The van der Waals surface area contributed by atoms with Gasteiger partial charge in [0.1, 0.15) is 5.56 Å². The van der Waals surface area contributed by atoms with Gasteiger partial charge in [0.05, 0.1) is 22.7 Å². The topological polar surface area (TPSA) is 96.9 Å². The van der Waals surface area contributed by atoms with Crippen molar-refractivity contribution in [1.29, 1.82) is 0 Å². The van der Waals surface area contributed by atoms with Crippen molar-refractivity contribution in [2.75, 3.05) is 7.05 Å². The quantitative estimate of drug-likeness (QED) is 0.591. The number of carbonyl (C=O) groups is 1. The van der Waals surface area contributed by atoms with Gasteiger partial charge in [0.15, 0.2) is 0 Å². The molecule has 8 nitrogen and oxygen atoms in total. The molecule has 1 saturated carbocycles. The van der Waals surface area contributed by atoms with Crippen molar-refractivity contribution < 1.29 is 9.90 Å². The Kier molecular flexibility index (Phi) is 5.94. The minimum absolute atomic E-state index is 0.113. The largest absolute Gasteiger partial charge is 0.494 e. The Balaban J connectivity index is 1.77. The van der Waals surface area contributed by atoms with Gasteiger partial charge in [0.25, 0.3) is 11.5 Å². The molecule has 0 spiro atoms. The van der Waals surface area contributed by atoms with E-state index in [2.05, 4.69) is 5.10 Å². The summed E-state index contributed by atoms with van der Waals surface area (Å²) in [5, 5.41) is 17.0. The maximum absolute atomic E-state index is 13.6. The number of hydrazone groups is 1. The number of aromatic hydroxyl groups is 1. The van der Waals surface area contributed by atoms with Gasteiger partial charge in [0, 0.05) is 13.0 Å². The van der Waals surface area contributed by atoms with Gasteiger partial charge in [0.2, 0.25) is 5.88 Å². The molecule has 0 radical (unpaired) electrons. The predicted octanol–water partition coefficient (Wildman–Crippen LogP) is 3.49. The Hall–Kier alpha value is -4.20. The van der Waals surface area contributed by atoms with Gasteiger partial charge in [-0.05, 0) is 43.2 Å². The number of hydrogen-bond donors (Lipinski definition) is 1. The van der Waals surface area contributed by atoms with Crippen LogP contribution in [0.5, 0.6) is 5.88 Å². The van der Waals surface area contributed by atoms with Crippen LogP contribution < -0.4 is 11.2 Å². The number of benzene rings is 2. The van der Waals surface area contributed by atoms with E-state index in [4.69, 9.17) is 0 Å². The van der Waals surface area contributed by atoms with Crippen LogP contribution in [0.25, 0.3) is 17.5 Å². The van der Waals surface area contributed by atoms with E-state index < -0.39 is 17.1 Å². The minimum atomic E-state index is -0.705. The van der Waals surface area contributed by atoms with Gasteiger partial charge in [-0.2, -0.15) is 5.10 Å². The van der Waals surface area contributed by atoms with E-state index in [-0.39, 0.29) is 23.0 Å². The maximum Gasteiger partial charge on any atom is 0.343 e. The fourth-order valence-electron chi connectivity index (χ4n) is 4.86. The summed E-state index contributed by atoms with van der Waals surface area (Å²) in [6.45, 7) is 0. The second kappa shape index (κ2) is 9.21. The van der Waals surface area contributed by atoms with Crippen molar-refractivity contribution in [3.63, 3.8) is 0 Å². The van der Waals surface area contributed by atoms with Crippen LogP contribution >= 0.6 is 0 Å². The lowest BCUT2D eigenvalue weighted by molar-refractivity contribution is -0.124. The van der Waals surface area contributed by atoms with E-state index in [9.17, 15) is 19.5 Å². The number of amides is 1. The fourth-order valence-corrected chi connectivity index (χ4v) is 4.86. The zero-order valence-electron chi connectivity index (χ0n) is 19.4. The second-order valence-electron chi connectivity index (χ2n) is 8.87. The van der Waals surface area contributed by atoms with Crippen LogP contribution in [0.15, 0.2) is 80.9 Å². The van der Waals surface area contributed by atoms with Crippen molar-refractivity contribution in [1.82, 2.24) is 14.1 Å². The number of aromatic nitrogens is 2. The molecule has 5 rings (SSSR count). The lowest BCUT2D eigenvalue weighted by Crippen LogP contribution is -2.39. The van der Waals surface area contributed by atoms with Gasteiger partial charge in [-0.3, -0.25) is 9.59 Å². The molecule has 3 aromatic rings. The number of hydrogen-bond acceptors (Lipinski definition) is 5. The highest BCUT2D eigenvalue weighted by Crippen LogP contribution is 2.32. The van der Waals surface area contributed by atoms with Crippen molar-refractivity contribution >= 4 is 17.7 Å². The first kappa shape index (κ1) is 22.6. The Morgan fingerprint density at radius 1 is 0.857 bits per heavy atom. The average Bonchev–Trinajstić information content (AvgIpc) is 3.17. The van der Waals surface area contributed by atoms with Crippen LogP contribution in [0, 0.1) is 5.92 Å². The summed E-state index contributed by atoms with van der Waals surface area (Å²) in [4.78, 5) is 40.2. The number of likely N-dealkylation sites (N-methyl/N-ethyl adjacent to an activating group) is 1. The molecule has 0 bridgehead atoms. The van der Waals surface area contributed by atoms with Crippen molar-refractivity contribution in [2.24, 2.45) is 11.0 Å². The highest BCUT2D eigenvalue weighted by Gasteiger charge is 2.34. The summed E-state index contributed by atoms with van der Waals surface area (Å²) >= 11 is 0. The maximum atomic E-state index is 13.6. The van der Waals surface area contributed by atoms with Gasteiger partial charge in [-0.25, -0.2) is 18.9 Å². The highest BCUT2D eigenvalue weighted by molar-refractivity contribution is 6.28. The molecule has 178 valence electrons. The van der Waals surface area contributed by atoms with Crippen LogP contribution in [-0.4, -0.2) is 37.9 Å². The average molecular weight is 471 g/mol. The number of carbonyl (C=O) groups excluding carboxylic acids is 1. The van der Waals surface area contributed by atoms with Crippen LogP contribution in [0.3, 0.4) is 0 Å². The Labute approximate surface area is 202 Å². The van der Waals surface area contributed by atoms with Gasteiger partial charge in [-0.15, -0.1) is 0 Å². The Bertz CT molecular complexity index is 1450. The molecule has 1 amide bonds. The summed E-state index contributed by atoms with van der Waals surface area (Å²) < 4.78 is 2.10. The summed E-state index contributed by atoms with van der Waals surface area (Å²) in [5.41, 5.74) is 0.133. The van der Waals surface area contributed by atoms with Crippen LogP contribution in [-0.2, 0) is 4.79 Å². The van der Waals surface area contributed by atoms with Crippen LogP contribution in [0.4, 0.5) is 0 Å². The van der Waals surface area contributed by atoms with E-state index in [0.29, 0.717) is 17.1 Å². The number of rotatable bonds is 4. The van der Waals surface area contributed by atoms with Crippen molar-refractivity contribution in [3.05, 3.63) is 92.6 Å². The normalized spacial score (nSPS) is 17.7. The van der Waals surface area contributed by atoms with Crippen LogP contribution in [0.1, 0.15) is 37.7 Å². The lowest BCUT2D eigenvalue weighted by atomic mass is 9.83.